The van der Waals surface area contributed by atoms with Crippen molar-refractivity contribution in [1.29, 1.82) is 0 Å². The van der Waals surface area contributed by atoms with Crippen LogP contribution in [0, 0.1) is 6.92 Å². The number of aryl methyl sites for hydroxylation is 1. The van der Waals surface area contributed by atoms with Crippen molar-refractivity contribution in [2.75, 3.05) is 5.73 Å². The Labute approximate surface area is 86.2 Å². The minimum Gasteiger partial charge on any atom is -0.378 e. The molecule has 76 valence electrons. The van der Waals surface area contributed by atoms with E-state index in [1.165, 1.54) is 11.0 Å². The Morgan fingerprint density at radius 3 is 2.73 bits per heavy atom. The molecule has 2 rings (SSSR count). The Bertz CT molecular complexity index is 547. The summed E-state index contributed by atoms with van der Waals surface area (Å²) in [6, 6.07) is 7.65. The van der Waals surface area contributed by atoms with E-state index >= 15 is 0 Å². The number of anilines is 1. The molecule has 0 spiro atoms. The first-order chi connectivity index (χ1) is 7.18. The monoisotopic (exact) mass is 202 g/mol. The van der Waals surface area contributed by atoms with Gasteiger partial charge in [0.05, 0.1) is 5.69 Å². The van der Waals surface area contributed by atoms with Gasteiger partial charge < -0.3 is 5.73 Å². The van der Waals surface area contributed by atoms with Gasteiger partial charge in [0, 0.05) is 0 Å². The number of hydrogen-bond donors (Lipinski definition) is 1. The summed E-state index contributed by atoms with van der Waals surface area (Å²) >= 11 is 0. The molecule has 1 aromatic carbocycles. The molecule has 15 heavy (non-hydrogen) atoms. The third-order valence-electron chi connectivity index (χ3n) is 2.08. The summed E-state index contributed by atoms with van der Waals surface area (Å²) in [6.07, 6.45) is 1.36. The van der Waals surface area contributed by atoms with Crippen molar-refractivity contribution >= 4 is 5.82 Å². The average Bonchev–Trinajstić information content (AvgIpc) is 2.23. The van der Waals surface area contributed by atoms with Crippen LogP contribution >= 0.6 is 0 Å². The summed E-state index contributed by atoms with van der Waals surface area (Å²) in [5.41, 5.74) is 6.80. The Morgan fingerprint density at radius 1 is 1.33 bits per heavy atom. The predicted molar refractivity (Wildman–Crippen MR) is 56.8 cm³/mol. The minimum atomic E-state index is -0.500. The lowest BCUT2D eigenvalue weighted by Crippen LogP contribution is -2.18. The number of nitrogens with two attached hydrogens (primary N) is 1. The summed E-state index contributed by atoms with van der Waals surface area (Å²) in [7, 11) is 0. The molecule has 1 aromatic heterocycles. The number of nitrogen functional groups attached to an aromatic ring is 1. The maximum atomic E-state index is 11.0. The number of para-hydroxylation sites is 1. The normalized spacial score (nSPS) is 10.2. The fourth-order valence-corrected chi connectivity index (χ4v) is 1.29. The fourth-order valence-electron chi connectivity index (χ4n) is 1.29. The zero-order chi connectivity index (χ0) is 10.8. The van der Waals surface area contributed by atoms with Crippen molar-refractivity contribution in [3.05, 3.63) is 46.5 Å². The van der Waals surface area contributed by atoms with E-state index in [0.717, 1.165) is 11.3 Å². The molecule has 0 bridgehead atoms. The van der Waals surface area contributed by atoms with Crippen molar-refractivity contribution in [1.82, 2.24) is 14.8 Å². The molecular formula is C10H10N4O. The molecule has 0 aliphatic carbocycles. The molecule has 0 saturated carbocycles. The van der Waals surface area contributed by atoms with Gasteiger partial charge in [0.2, 0.25) is 5.82 Å². The molecule has 5 heteroatoms. The van der Waals surface area contributed by atoms with Crippen LogP contribution in [0.15, 0.2) is 35.4 Å². The van der Waals surface area contributed by atoms with Crippen molar-refractivity contribution in [3.8, 4) is 5.69 Å². The van der Waals surface area contributed by atoms with Gasteiger partial charge in [0.25, 0.3) is 0 Å². The van der Waals surface area contributed by atoms with Crippen LogP contribution in [0.25, 0.3) is 5.69 Å². The van der Waals surface area contributed by atoms with Gasteiger partial charge in [-0.05, 0) is 18.6 Å². The number of hydrogen-bond acceptors (Lipinski definition) is 4. The van der Waals surface area contributed by atoms with Gasteiger partial charge >= 0.3 is 5.56 Å². The van der Waals surface area contributed by atoms with Gasteiger partial charge in [-0.25, -0.2) is 4.68 Å². The number of nitrogens with zero attached hydrogens (tertiary/aromatic N) is 3. The van der Waals surface area contributed by atoms with Crippen LogP contribution in [0.4, 0.5) is 5.82 Å². The van der Waals surface area contributed by atoms with Crippen LogP contribution in [-0.2, 0) is 0 Å². The van der Waals surface area contributed by atoms with Gasteiger partial charge in [-0.3, -0.25) is 4.79 Å². The second-order valence-electron chi connectivity index (χ2n) is 3.17. The van der Waals surface area contributed by atoms with Crippen LogP contribution in [0.1, 0.15) is 5.56 Å². The van der Waals surface area contributed by atoms with Crippen LogP contribution in [-0.4, -0.2) is 14.8 Å². The van der Waals surface area contributed by atoms with Crippen LogP contribution in [0.2, 0.25) is 0 Å². The molecule has 0 atom stereocenters. The summed E-state index contributed by atoms with van der Waals surface area (Å²) in [6.45, 7) is 1.95. The highest BCUT2D eigenvalue weighted by Crippen LogP contribution is 2.10. The largest absolute Gasteiger partial charge is 0.378 e. The Balaban J connectivity index is 2.60. The Hall–Kier alpha value is -2.17. The maximum Gasteiger partial charge on any atom is 0.315 e. The van der Waals surface area contributed by atoms with Crippen LogP contribution < -0.4 is 11.3 Å². The van der Waals surface area contributed by atoms with Crippen molar-refractivity contribution < 1.29 is 0 Å². The molecule has 0 fully saturated rings. The standard InChI is InChI=1S/C10H10N4O/c1-7-4-2-3-5-8(7)14-6-12-10(15)9(11)13-14/h2-6H,1H3,(H2,11,13). The smallest absolute Gasteiger partial charge is 0.315 e. The molecular weight excluding hydrogens is 192 g/mol. The highest BCUT2D eigenvalue weighted by atomic mass is 16.1. The predicted octanol–water partition coefficient (Wildman–Crippen LogP) is 0.518. The van der Waals surface area contributed by atoms with Gasteiger partial charge in [0.15, 0.2) is 0 Å². The van der Waals surface area contributed by atoms with Gasteiger partial charge in [-0.1, -0.05) is 18.2 Å². The van der Waals surface area contributed by atoms with Gasteiger partial charge in [0.1, 0.15) is 6.33 Å². The van der Waals surface area contributed by atoms with Gasteiger partial charge in [-0.2, -0.15) is 4.98 Å². The van der Waals surface area contributed by atoms with E-state index in [9.17, 15) is 4.79 Å². The lowest BCUT2D eigenvalue weighted by molar-refractivity contribution is 0.798. The SMILES string of the molecule is Cc1ccccc1-n1cnc(=O)c(N)n1. The molecule has 0 aliphatic heterocycles. The molecule has 0 radical (unpaired) electrons. The highest BCUT2D eigenvalue weighted by Gasteiger charge is 2.02. The van der Waals surface area contributed by atoms with Gasteiger partial charge in [-0.15, -0.1) is 5.10 Å². The molecule has 2 N–H and O–H groups in total. The van der Waals surface area contributed by atoms with Crippen molar-refractivity contribution in [2.24, 2.45) is 0 Å². The van der Waals surface area contributed by atoms with E-state index in [4.69, 9.17) is 5.73 Å². The highest BCUT2D eigenvalue weighted by molar-refractivity contribution is 5.39. The third kappa shape index (κ3) is 1.71. The number of aromatic nitrogens is 3. The van der Waals surface area contributed by atoms with E-state index < -0.39 is 5.56 Å². The van der Waals surface area contributed by atoms with E-state index in [1.807, 2.05) is 31.2 Å². The first-order valence-electron chi connectivity index (χ1n) is 4.46. The first kappa shape index (κ1) is 9.39. The van der Waals surface area contributed by atoms with Crippen molar-refractivity contribution in [2.45, 2.75) is 6.92 Å². The fraction of sp³-hybridized carbons (Fsp3) is 0.100. The van der Waals surface area contributed by atoms with Crippen molar-refractivity contribution in [3.63, 3.8) is 0 Å². The van der Waals surface area contributed by atoms with Crippen LogP contribution in [0.5, 0.6) is 0 Å². The summed E-state index contributed by atoms with van der Waals surface area (Å²) in [4.78, 5) is 14.6. The molecule has 5 nitrogen and oxygen atoms in total. The third-order valence-corrected chi connectivity index (χ3v) is 2.08. The molecule has 1 heterocycles. The lowest BCUT2D eigenvalue weighted by Gasteiger charge is -2.07. The van der Waals surface area contributed by atoms with Crippen LogP contribution in [0.3, 0.4) is 0 Å². The summed E-state index contributed by atoms with van der Waals surface area (Å²) in [5, 5.41) is 3.92. The first-order valence-corrected chi connectivity index (χ1v) is 4.46. The average molecular weight is 202 g/mol. The lowest BCUT2D eigenvalue weighted by atomic mass is 10.2. The Kier molecular flexibility index (Phi) is 2.21. The molecule has 0 unspecified atom stereocenters. The molecule has 0 aliphatic rings. The quantitative estimate of drug-likeness (QED) is 0.731. The van der Waals surface area contributed by atoms with E-state index in [1.54, 1.807) is 0 Å². The van der Waals surface area contributed by atoms with E-state index in [2.05, 4.69) is 10.1 Å². The topological polar surface area (TPSA) is 73.8 Å². The zero-order valence-electron chi connectivity index (χ0n) is 8.21. The Morgan fingerprint density at radius 2 is 2.07 bits per heavy atom. The summed E-state index contributed by atoms with van der Waals surface area (Å²) < 4.78 is 1.49. The molecule has 2 aromatic rings. The number of rotatable bonds is 1. The maximum absolute atomic E-state index is 11.0. The summed E-state index contributed by atoms with van der Waals surface area (Å²) in [5.74, 6) is -0.0965. The second kappa shape index (κ2) is 3.53. The van der Waals surface area contributed by atoms with E-state index in [0.29, 0.717) is 0 Å². The molecule has 0 amide bonds. The molecule has 0 saturated heterocycles. The number of benzene rings is 1. The second-order valence-corrected chi connectivity index (χ2v) is 3.17. The zero-order valence-corrected chi connectivity index (χ0v) is 8.21. The minimum absolute atomic E-state index is 0.0965. The van der Waals surface area contributed by atoms with E-state index in [-0.39, 0.29) is 5.82 Å².